The number of ether oxygens (including phenoxy) is 1. The molecule has 0 aliphatic carbocycles. The summed E-state index contributed by atoms with van der Waals surface area (Å²) in [6, 6.07) is 19.5. The van der Waals surface area contributed by atoms with Gasteiger partial charge in [-0.1, -0.05) is 53.6 Å². The molecule has 0 aliphatic heterocycles. The Hall–Kier alpha value is -3.94. The van der Waals surface area contributed by atoms with Crippen LogP contribution in [0.5, 0.6) is 6.08 Å². The molecule has 1 N–H and O–H groups in total. The Morgan fingerprint density at radius 2 is 1.74 bits per heavy atom. The first-order chi connectivity index (χ1) is 15.1. The monoisotopic (exact) mass is 417 g/mol. The molecule has 0 bridgehead atoms. The molecule has 0 saturated heterocycles. The van der Waals surface area contributed by atoms with Gasteiger partial charge in [0.05, 0.1) is 12.2 Å². The van der Waals surface area contributed by atoms with Crippen LogP contribution in [0, 0.1) is 13.8 Å². The molecule has 4 rings (SSSR count). The third-order valence-corrected chi connectivity index (χ3v) is 4.92. The van der Waals surface area contributed by atoms with Gasteiger partial charge in [-0.15, -0.1) is 5.10 Å². The lowest BCUT2D eigenvalue weighted by molar-refractivity contribution is -0.123. The van der Waals surface area contributed by atoms with E-state index < -0.39 is 0 Å². The average Bonchev–Trinajstić information content (AvgIpc) is 3.37. The summed E-state index contributed by atoms with van der Waals surface area (Å²) in [5.41, 5.74) is 4.86. The van der Waals surface area contributed by atoms with E-state index in [1.807, 2.05) is 67.1 Å². The fourth-order valence-electron chi connectivity index (χ4n) is 3.23. The lowest BCUT2D eigenvalue weighted by Gasteiger charge is -2.07. The fourth-order valence-corrected chi connectivity index (χ4v) is 3.23. The van der Waals surface area contributed by atoms with Crippen LogP contribution < -0.4 is 10.1 Å². The van der Waals surface area contributed by atoms with Gasteiger partial charge >= 0.3 is 6.08 Å². The van der Waals surface area contributed by atoms with E-state index in [2.05, 4.69) is 32.7 Å². The predicted octanol–water partition coefficient (Wildman–Crippen LogP) is 3.29. The Kier molecular flexibility index (Phi) is 6.07. The molecule has 0 radical (unpaired) electrons. The highest BCUT2D eigenvalue weighted by molar-refractivity contribution is 5.77. The fraction of sp³-hybridized carbons (Fsp3) is 0.217. The van der Waals surface area contributed by atoms with Crippen LogP contribution in [0.4, 0.5) is 0 Å². The first kappa shape index (κ1) is 20.3. The highest BCUT2D eigenvalue weighted by Crippen LogP contribution is 2.20. The van der Waals surface area contributed by atoms with Crippen molar-refractivity contribution in [2.75, 3.05) is 6.61 Å². The highest BCUT2D eigenvalue weighted by Gasteiger charge is 2.14. The Labute approximate surface area is 179 Å². The second-order valence-corrected chi connectivity index (χ2v) is 7.10. The Bertz CT molecular complexity index is 1150. The summed E-state index contributed by atoms with van der Waals surface area (Å²) in [4.78, 5) is 12.2. The molecule has 4 aromatic rings. The zero-order chi connectivity index (χ0) is 21.6. The molecule has 0 aliphatic rings. The minimum absolute atomic E-state index is 0.0444. The third kappa shape index (κ3) is 4.98. The van der Waals surface area contributed by atoms with Crippen molar-refractivity contribution in [3.05, 3.63) is 83.2 Å². The molecule has 2 aromatic heterocycles. The maximum atomic E-state index is 12.2. The van der Waals surface area contributed by atoms with Gasteiger partial charge in [0, 0.05) is 23.4 Å². The number of hydrogen-bond acceptors (Lipinski definition) is 6. The average molecular weight is 417 g/mol. The van der Waals surface area contributed by atoms with Crippen molar-refractivity contribution in [2.45, 2.75) is 26.9 Å². The zero-order valence-corrected chi connectivity index (χ0v) is 17.4. The van der Waals surface area contributed by atoms with Crippen molar-refractivity contribution in [3.8, 4) is 17.5 Å². The molecule has 0 unspecified atom stereocenters. The molecule has 8 heteroatoms. The molecular weight excluding hydrogens is 394 g/mol. The van der Waals surface area contributed by atoms with Gasteiger partial charge in [0.2, 0.25) is 0 Å². The number of aromatic nitrogens is 4. The molecule has 0 fully saturated rings. The molecule has 2 aromatic carbocycles. The first-order valence-corrected chi connectivity index (χ1v) is 9.95. The third-order valence-electron chi connectivity index (χ3n) is 4.92. The van der Waals surface area contributed by atoms with Crippen LogP contribution in [0.15, 0.2) is 65.1 Å². The standard InChI is InChI=1S/C23H23N5O3/c1-16-20(17(2)28(27-16)14-18-9-5-3-6-10-18)13-24-21(29)15-30-23-26-25-22(31-23)19-11-7-4-8-12-19/h3-12H,13-15H2,1-2H3,(H,24,29). The largest absolute Gasteiger partial charge is 0.439 e. The number of aryl methyl sites for hydroxylation is 1. The van der Waals surface area contributed by atoms with Crippen molar-refractivity contribution in [1.29, 1.82) is 0 Å². The topological polar surface area (TPSA) is 95.1 Å². The first-order valence-electron chi connectivity index (χ1n) is 9.95. The van der Waals surface area contributed by atoms with Crippen molar-refractivity contribution in [2.24, 2.45) is 0 Å². The van der Waals surface area contributed by atoms with Gasteiger partial charge in [-0.05, 0) is 31.5 Å². The van der Waals surface area contributed by atoms with Gasteiger partial charge in [0.25, 0.3) is 11.8 Å². The van der Waals surface area contributed by atoms with Crippen LogP contribution in [-0.4, -0.2) is 32.5 Å². The van der Waals surface area contributed by atoms with Gasteiger partial charge in [-0.2, -0.15) is 5.10 Å². The number of nitrogens with one attached hydrogen (secondary N) is 1. The Morgan fingerprint density at radius 1 is 1.03 bits per heavy atom. The minimum Gasteiger partial charge on any atom is -0.439 e. The van der Waals surface area contributed by atoms with Gasteiger partial charge in [-0.25, -0.2) is 0 Å². The van der Waals surface area contributed by atoms with E-state index in [1.165, 1.54) is 5.56 Å². The SMILES string of the molecule is Cc1nn(Cc2ccccc2)c(C)c1CNC(=O)COc1nnc(-c2ccccc2)o1. The zero-order valence-electron chi connectivity index (χ0n) is 17.4. The molecule has 1 amide bonds. The quantitative estimate of drug-likeness (QED) is 0.473. The maximum absolute atomic E-state index is 12.2. The summed E-state index contributed by atoms with van der Waals surface area (Å²) < 4.78 is 12.7. The van der Waals surface area contributed by atoms with Crippen molar-refractivity contribution in [1.82, 2.24) is 25.3 Å². The molecule has 0 spiro atoms. The smallest absolute Gasteiger partial charge is 0.415 e. The van der Waals surface area contributed by atoms with E-state index in [4.69, 9.17) is 9.15 Å². The van der Waals surface area contributed by atoms with E-state index in [-0.39, 0.29) is 18.6 Å². The predicted molar refractivity (Wildman–Crippen MR) is 114 cm³/mol. The Balaban J connectivity index is 1.31. The highest BCUT2D eigenvalue weighted by atomic mass is 16.6. The molecular formula is C23H23N5O3. The second-order valence-electron chi connectivity index (χ2n) is 7.10. The van der Waals surface area contributed by atoms with Gasteiger partial charge in [0.15, 0.2) is 6.61 Å². The molecule has 8 nitrogen and oxygen atoms in total. The van der Waals surface area contributed by atoms with Crippen molar-refractivity contribution >= 4 is 5.91 Å². The number of rotatable bonds is 8. The normalized spacial score (nSPS) is 10.8. The lowest BCUT2D eigenvalue weighted by Crippen LogP contribution is -2.28. The van der Waals surface area contributed by atoms with Crippen LogP contribution in [0.3, 0.4) is 0 Å². The van der Waals surface area contributed by atoms with Gasteiger partial charge < -0.3 is 14.5 Å². The second kappa shape index (κ2) is 9.25. The summed E-state index contributed by atoms with van der Waals surface area (Å²) in [7, 11) is 0. The number of benzene rings is 2. The molecule has 31 heavy (non-hydrogen) atoms. The minimum atomic E-state index is -0.283. The van der Waals surface area contributed by atoms with E-state index in [9.17, 15) is 4.79 Å². The van der Waals surface area contributed by atoms with Gasteiger partial charge in [-0.3, -0.25) is 9.48 Å². The molecule has 158 valence electrons. The number of carbonyl (C=O) groups is 1. The van der Waals surface area contributed by atoms with E-state index in [0.717, 1.165) is 22.5 Å². The summed E-state index contributed by atoms with van der Waals surface area (Å²) in [6.45, 7) is 4.78. The molecule has 0 atom stereocenters. The van der Waals surface area contributed by atoms with E-state index >= 15 is 0 Å². The van der Waals surface area contributed by atoms with E-state index in [1.54, 1.807) is 0 Å². The molecule has 2 heterocycles. The van der Waals surface area contributed by atoms with Crippen LogP contribution >= 0.6 is 0 Å². The van der Waals surface area contributed by atoms with Crippen molar-refractivity contribution < 1.29 is 13.9 Å². The number of nitrogens with zero attached hydrogens (tertiary/aromatic N) is 4. The number of carbonyl (C=O) groups excluding carboxylic acids is 1. The summed E-state index contributed by atoms with van der Waals surface area (Å²) >= 11 is 0. The van der Waals surface area contributed by atoms with Crippen LogP contribution in [0.2, 0.25) is 0 Å². The summed E-state index contributed by atoms with van der Waals surface area (Å²) in [5, 5.41) is 15.2. The number of amides is 1. The lowest BCUT2D eigenvalue weighted by atomic mass is 10.2. The number of hydrogen-bond donors (Lipinski definition) is 1. The van der Waals surface area contributed by atoms with Crippen LogP contribution in [0.25, 0.3) is 11.5 Å². The summed E-state index contributed by atoms with van der Waals surface area (Å²) in [6.07, 6.45) is -0.0444. The van der Waals surface area contributed by atoms with Crippen LogP contribution in [-0.2, 0) is 17.9 Å². The van der Waals surface area contributed by atoms with Crippen molar-refractivity contribution in [3.63, 3.8) is 0 Å². The van der Waals surface area contributed by atoms with E-state index in [0.29, 0.717) is 19.0 Å². The molecule has 0 saturated carbocycles. The Morgan fingerprint density at radius 3 is 2.48 bits per heavy atom. The summed E-state index contributed by atoms with van der Waals surface area (Å²) in [5.74, 6) is 0.0576. The van der Waals surface area contributed by atoms with Crippen LogP contribution in [0.1, 0.15) is 22.5 Å². The van der Waals surface area contributed by atoms with Gasteiger partial charge in [0.1, 0.15) is 0 Å². The maximum Gasteiger partial charge on any atom is 0.415 e.